The zero-order chi connectivity index (χ0) is 16.6. The Morgan fingerprint density at radius 1 is 1.12 bits per heavy atom. The van der Waals surface area contributed by atoms with E-state index < -0.39 is 0 Å². The van der Waals surface area contributed by atoms with Gasteiger partial charge in [-0.1, -0.05) is 5.16 Å². The monoisotopic (exact) mass is 342 g/mol. The van der Waals surface area contributed by atoms with E-state index in [1.807, 2.05) is 0 Å². The van der Waals surface area contributed by atoms with Crippen molar-refractivity contribution in [3.05, 3.63) is 29.3 Å². The predicted molar refractivity (Wildman–Crippen MR) is 89.2 cm³/mol. The number of morpholine rings is 1. The predicted octanol–water partition coefficient (Wildman–Crippen LogP) is 1.13. The molecule has 1 aliphatic carbocycles. The Balaban J connectivity index is 1.33. The van der Waals surface area contributed by atoms with E-state index in [1.54, 1.807) is 6.33 Å². The Morgan fingerprint density at radius 2 is 2.00 bits per heavy atom. The summed E-state index contributed by atoms with van der Waals surface area (Å²) in [5.41, 5.74) is 2.40. The van der Waals surface area contributed by atoms with Crippen molar-refractivity contribution in [2.75, 3.05) is 37.7 Å². The van der Waals surface area contributed by atoms with Gasteiger partial charge in [0.25, 0.3) is 0 Å². The summed E-state index contributed by atoms with van der Waals surface area (Å²) in [5, 5.41) is 4.15. The number of anilines is 1. The van der Waals surface area contributed by atoms with Gasteiger partial charge in [0.2, 0.25) is 5.89 Å². The van der Waals surface area contributed by atoms with Crippen molar-refractivity contribution in [3.8, 4) is 0 Å². The van der Waals surface area contributed by atoms with Crippen molar-refractivity contribution >= 4 is 5.82 Å². The maximum Gasteiger partial charge on any atom is 0.229 e. The molecule has 132 valence electrons. The maximum absolute atomic E-state index is 5.47. The van der Waals surface area contributed by atoms with Gasteiger partial charge in [-0.3, -0.25) is 4.90 Å². The third-order valence-electron chi connectivity index (χ3n) is 5.14. The standard InChI is InChI=1S/C17H22N6O2/c1-2-12(1)17-20-15(21-25-17)10-22-4-3-14-13(9-22)16(19-11-18-14)23-5-7-24-8-6-23/h11-12H,1-10H2. The second-order valence-corrected chi connectivity index (χ2v) is 7.01. The fraction of sp³-hybridized carbons (Fsp3) is 0.647. The first-order chi connectivity index (χ1) is 12.4. The molecule has 25 heavy (non-hydrogen) atoms. The highest BCUT2D eigenvalue weighted by Crippen LogP contribution is 2.39. The number of hydrogen-bond donors (Lipinski definition) is 0. The summed E-state index contributed by atoms with van der Waals surface area (Å²) in [5.74, 6) is 3.16. The van der Waals surface area contributed by atoms with Crippen LogP contribution in [0.3, 0.4) is 0 Å². The minimum Gasteiger partial charge on any atom is -0.378 e. The molecule has 0 radical (unpaired) electrons. The Hall–Kier alpha value is -2.06. The quantitative estimate of drug-likeness (QED) is 0.818. The van der Waals surface area contributed by atoms with Crippen LogP contribution < -0.4 is 4.90 Å². The third-order valence-corrected chi connectivity index (χ3v) is 5.14. The number of aromatic nitrogens is 4. The van der Waals surface area contributed by atoms with Gasteiger partial charge in [0.15, 0.2) is 5.82 Å². The molecule has 5 rings (SSSR count). The molecule has 0 aromatic carbocycles. The molecule has 2 aliphatic heterocycles. The number of rotatable bonds is 4. The summed E-state index contributed by atoms with van der Waals surface area (Å²) in [6, 6.07) is 0. The highest BCUT2D eigenvalue weighted by Gasteiger charge is 2.30. The first-order valence-corrected chi connectivity index (χ1v) is 9.07. The largest absolute Gasteiger partial charge is 0.378 e. The SMILES string of the molecule is c1nc2c(c(N3CCOCC3)n1)CN(Cc1noc(C3CC3)n1)CC2. The van der Waals surface area contributed by atoms with Gasteiger partial charge in [0.05, 0.1) is 25.5 Å². The molecule has 2 fully saturated rings. The second kappa shape index (κ2) is 6.34. The third kappa shape index (κ3) is 3.11. The molecular formula is C17H22N6O2. The van der Waals surface area contributed by atoms with Crippen molar-refractivity contribution in [1.82, 2.24) is 25.0 Å². The lowest BCUT2D eigenvalue weighted by Gasteiger charge is -2.33. The number of hydrogen-bond acceptors (Lipinski definition) is 8. The molecule has 8 heteroatoms. The van der Waals surface area contributed by atoms with Crippen LogP contribution in [0.4, 0.5) is 5.82 Å². The minimum absolute atomic E-state index is 0.504. The van der Waals surface area contributed by atoms with Gasteiger partial charge in [-0.15, -0.1) is 0 Å². The van der Waals surface area contributed by atoms with Gasteiger partial charge in [0.1, 0.15) is 12.1 Å². The fourth-order valence-electron chi connectivity index (χ4n) is 3.59. The van der Waals surface area contributed by atoms with Crippen LogP contribution in [0.5, 0.6) is 0 Å². The highest BCUT2D eigenvalue weighted by atomic mass is 16.5. The van der Waals surface area contributed by atoms with E-state index in [0.717, 1.165) is 63.3 Å². The van der Waals surface area contributed by atoms with Gasteiger partial charge in [0, 0.05) is 44.1 Å². The second-order valence-electron chi connectivity index (χ2n) is 7.01. The van der Waals surface area contributed by atoms with Gasteiger partial charge in [-0.2, -0.15) is 4.98 Å². The lowest BCUT2D eigenvalue weighted by atomic mass is 10.1. The molecule has 0 bridgehead atoms. The Labute approximate surface area is 146 Å². The Kier molecular flexibility index (Phi) is 3.86. The van der Waals surface area contributed by atoms with Crippen LogP contribution in [-0.4, -0.2) is 57.9 Å². The number of nitrogens with zero attached hydrogens (tertiary/aromatic N) is 6. The van der Waals surface area contributed by atoms with E-state index in [-0.39, 0.29) is 0 Å². The minimum atomic E-state index is 0.504. The molecule has 4 heterocycles. The van der Waals surface area contributed by atoms with E-state index >= 15 is 0 Å². The normalized spacial score (nSPS) is 21.4. The number of fused-ring (bicyclic) bond motifs is 1. The van der Waals surface area contributed by atoms with Gasteiger partial charge >= 0.3 is 0 Å². The summed E-state index contributed by atoms with van der Waals surface area (Å²) in [4.78, 5) is 18.3. The van der Waals surface area contributed by atoms with Crippen molar-refractivity contribution in [2.24, 2.45) is 0 Å². The van der Waals surface area contributed by atoms with E-state index in [1.165, 1.54) is 24.1 Å². The molecule has 0 N–H and O–H groups in total. The maximum atomic E-state index is 5.47. The Morgan fingerprint density at radius 3 is 2.84 bits per heavy atom. The van der Waals surface area contributed by atoms with Crippen LogP contribution in [0.15, 0.2) is 10.9 Å². The van der Waals surface area contributed by atoms with Crippen LogP contribution in [0.25, 0.3) is 0 Å². The van der Waals surface area contributed by atoms with Gasteiger partial charge in [-0.25, -0.2) is 9.97 Å². The molecule has 0 amide bonds. The van der Waals surface area contributed by atoms with Crippen molar-refractivity contribution in [3.63, 3.8) is 0 Å². The summed E-state index contributed by atoms with van der Waals surface area (Å²) in [7, 11) is 0. The molecule has 3 aliphatic rings. The summed E-state index contributed by atoms with van der Waals surface area (Å²) >= 11 is 0. The zero-order valence-corrected chi connectivity index (χ0v) is 14.2. The first-order valence-electron chi connectivity index (χ1n) is 9.07. The smallest absolute Gasteiger partial charge is 0.229 e. The lowest BCUT2D eigenvalue weighted by Crippen LogP contribution is -2.39. The molecule has 2 aromatic heterocycles. The molecular weight excluding hydrogens is 320 g/mol. The fourth-order valence-corrected chi connectivity index (χ4v) is 3.59. The van der Waals surface area contributed by atoms with Crippen LogP contribution in [-0.2, 0) is 24.2 Å². The van der Waals surface area contributed by atoms with Crippen LogP contribution in [0, 0.1) is 0 Å². The average Bonchev–Trinajstić information content (AvgIpc) is 3.41. The molecule has 0 unspecified atom stereocenters. The summed E-state index contributed by atoms with van der Waals surface area (Å²) in [6.45, 7) is 5.80. The first kappa shape index (κ1) is 15.2. The van der Waals surface area contributed by atoms with Crippen LogP contribution in [0.1, 0.15) is 41.7 Å². The van der Waals surface area contributed by atoms with E-state index in [2.05, 4.69) is 29.9 Å². The average molecular weight is 342 g/mol. The summed E-state index contributed by atoms with van der Waals surface area (Å²) < 4.78 is 10.9. The molecule has 0 spiro atoms. The molecule has 1 saturated heterocycles. The molecule has 2 aromatic rings. The van der Waals surface area contributed by atoms with E-state index in [9.17, 15) is 0 Å². The van der Waals surface area contributed by atoms with Gasteiger partial charge < -0.3 is 14.2 Å². The number of ether oxygens (including phenoxy) is 1. The lowest BCUT2D eigenvalue weighted by molar-refractivity contribution is 0.122. The molecule has 8 nitrogen and oxygen atoms in total. The zero-order valence-electron chi connectivity index (χ0n) is 14.2. The Bertz CT molecular complexity index is 753. The molecule has 0 atom stereocenters. The van der Waals surface area contributed by atoms with Crippen molar-refractivity contribution < 1.29 is 9.26 Å². The molecule has 1 saturated carbocycles. The van der Waals surface area contributed by atoms with Crippen molar-refractivity contribution in [1.29, 1.82) is 0 Å². The van der Waals surface area contributed by atoms with Crippen molar-refractivity contribution in [2.45, 2.75) is 38.3 Å². The van der Waals surface area contributed by atoms with Gasteiger partial charge in [-0.05, 0) is 12.8 Å². The van der Waals surface area contributed by atoms with E-state index in [0.29, 0.717) is 12.5 Å². The summed E-state index contributed by atoms with van der Waals surface area (Å²) in [6.07, 6.45) is 4.99. The van der Waals surface area contributed by atoms with E-state index in [4.69, 9.17) is 9.26 Å². The topological polar surface area (TPSA) is 80.4 Å². The van der Waals surface area contributed by atoms with Crippen LogP contribution >= 0.6 is 0 Å². The highest BCUT2D eigenvalue weighted by molar-refractivity contribution is 5.49. The van der Waals surface area contributed by atoms with Crippen LogP contribution in [0.2, 0.25) is 0 Å².